The van der Waals surface area contributed by atoms with Crippen molar-refractivity contribution in [3.63, 3.8) is 0 Å². The third kappa shape index (κ3) is 3.92. The molecular formula is C17H25BrO3. The van der Waals surface area contributed by atoms with E-state index >= 15 is 0 Å². The maximum atomic E-state index is 5.72. The molecule has 1 aliphatic carbocycles. The highest BCUT2D eigenvalue weighted by molar-refractivity contribution is 9.09. The first kappa shape index (κ1) is 16.6. The van der Waals surface area contributed by atoms with Gasteiger partial charge in [-0.25, -0.2) is 0 Å². The molecular weight excluding hydrogens is 332 g/mol. The third-order valence-electron chi connectivity index (χ3n) is 4.18. The normalized spacial score (nSPS) is 17.9. The van der Waals surface area contributed by atoms with Gasteiger partial charge in [0, 0.05) is 11.9 Å². The molecule has 0 spiro atoms. The molecule has 1 atom stereocenters. The number of methoxy groups -OCH3 is 1. The summed E-state index contributed by atoms with van der Waals surface area (Å²) in [6.45, 7) is 5.25. The standard InChI is InChI=1S/C17H25BrO3/c1-4-20-15-8-7-13(11-16(15)21-5-2)14(18)12-17(19-3)9-6-10-17/h7-8,11,14H,4-6,9-10,12H2,1-3H3. The van der Waals surface area contributed by atoms with E-state index in [-0.39, 0.29) is 10.4 Å². The first-order chi connectivity index (χ1) is 10.1. The number of hydrogen-bond donors (Lipinski definition) is 0. The van der Waals surface area contributed by atoms with E-state index in [1.54, 1.807) is 0 Å². The maximum Gasteiger partial charge on any atom is 0.161 e. The molecule has 0 aliphatic heterocycles. The average Bonchev–Trinajstić information content (AvgIpc) is 2.45. The lowest BCUT2D eigenvalue weighted by atomic mass is 9.76. The van der Waals surface area contributed by atoms with Crippen LogP contribution in [0.15, 0.2) is 18.2 Å². The van der Waals surface area contributed by atoms with Crippen LogP contribution in [0, 0.1) is 0 Å². The van der Waals surface area contributed by atoms with E-state index in [0.717, 1.165) is 30.8 Å². The van der Waals surface area contributed by atoms with Crippen molar-refractivity contribution in [3.05, 3.63) is 23.8 Å². The Balaban J connectivity index is 2.13. The van der Waals surface area contributed by atoms with Crippen LogP contribution < -0.4 is 9.47 Å². The van der Waals surface area contributed by atoms with Crippen molar-refractivity contribution < 1.29 is 14.2 Å². The van der Waals surface area contributed by atoms with E-state index in [1.165, 1.54) is 12.0 Å². The lowest BCUT2D eigenvalue weighted by Gasteiger charge is -2.42. The van der Waals surface area contributed by atoms with Crippen LogP contribution in [0.2, 0.25) is 0 Å². The Labute approximate surface area is 136 Å². The molecule has 4 heteroatoms. The monoisotopic (exact) mass is 356 g/mol. The molecule has 0 saturated heterocycles. The summed E-state index contributed by atoms with van der Waals surface area (Å²) in [6.07, 6.45) is 4.56. The zero-order valence-electron chi connectivity index (χ0n) is 13.2. The summed E-state index contributed by atoms with van der Waals surface area (Å²) >= 11 is 3.81. The number of hydrogen-bond acceptors (Lipinski definition) is 3. The van der Waals surface area contributed by atoms with E-state index in [0.29, 0.717) is 13.2 Å². The molecule has 1 aromatic rings. The predicted octanol–water partition coefficient (Wildman–Crippen LogP) is 4.88. The summed E-state index contributed by atoms with van der Waals surface area (Å²) in [4.78, 5) is 0.271. The zero-order valence-corrected chi connectivity index (χ0v) is 14.7. The number of halogens is 1. The van der Waals surface area contributed by atoms with Gasteiger partial charge >= 0.3 is 0 Å². The van der Waals surface area contributed by atoms with Gasteiger partial charge in [0.1, 0.15) is 0 Å². The molecule has 1 aliphatic rings. The highest BCUT2D eigenvalue weighted by Gasteiger charge is 2.38. The van der Waals surface area contributed by atoms with Crippen LogP contribution in [-0.4, -0.2) is 25.9 Å². The molecule has 1 aromatic carbocycles. The van der Waals surface area contributed by atoms with Crippen LogP contribution >= 0.6 is 15.9 Å². The highest BCUT2D eigenvalue weighted by atomic mass is 79.9. The topological polar surface area (TPSA) is 27.7 Å². The van der Waals surface area contributed by atoms with Crippen LogP contribution in [0.25, 0.3) is 0 Å². The van der Waals surface area contributed by atoms with Crippen LogP contribution in [-0.2, 0) is 4.74 Å². The van der Waals surface area contributed by atoms with Gasteiger partial charge in [0.2, 0.25) is 0 Å². The van der Waals surface area contributed by atoms with E-state index in [1.807, 2.05) is 27.0 Å². The van der Waals surface area contributed by atoms with E-state index in [4.69, 9.17) is 14.2 Å². The molecule has 3 nitrogen and oxygen atoms in total. The minimum Gasteiger partial charge on any atom is -0.490 e. The second-order valence-electron chi connectivity index (χ2n) is 5.48. The second-order valence-corrected chi connectivity index (χ2v) is 6.59. The summed E-state index contributed by atoms with van der Waals surface area (Å²) in [5.41, 5.74) is 1.27. The Bertz CT molecular complexity index is 452. The van der Waals surface area contributed by atoms with Gasteiger partial charge < -0.3 is 14.2 Å². The molecule has 0 bridgehead atoms. The summed E-state index contributed by atoms with van der Waals surface area (Å²) in [6, 6.07) is 6.18. The minimum atomic E-state index is 0.0541. The minimum absolute atomic E-state index is 0.0541. The first-order valence-electron chi connectivity index (χ1n) is 7.73. The third-order valence-corrected chi connectivity index (χ3v) is 5.03. The van der Waals surface area contributed by atoms with Gasteiger partial charge in [0.05, 0.1) is 18.8 Å². The Kier molecular flexibility index (Phi) is 5.94. The fourth-order valence-electron chi connectivity index (χ4n) is 2.77. The van der Waals surface area contributed by atoms with Gasteiger partial charge in [-0.1, -0.05) is 22.0 Å². The van der Waals surface area contributed by atoms with Gasteiger partial charge in [-0.05, 0) is 57.2 Å². The van der Waals surface area contributed by atoms with Crippen molar-refractivity contribution in [1.29, 1.82) is 0 Å². The van der Waals surface area contributed by atoms with Gasteiger partial charge in [0.15, 0.2) is 11.5 Å². The van der Waals surface area contributed by atoms with Gasteiger partial charge in [-0.2, -0.15) is 0 Å². The quantitative estimate of drug-likeness (QED) is 0.621. The molecule has 0 amide bonds. The van der Waals surface area contributed by atoms with Crippen molar-refractivity contribution in [2.45, 2.75) is 50.0 Å². The number of ether oxygens (including phenoxy) is 3. The van der Waals surface area contributed by atoms with E-state index in [2.05, 4.69) is 28.1 Å². The first-order valence-corrected chi connectivity index (χ1v) is 8.64. The summed E-state index contributed by atoms with van der Waals surface area (Å²) in [7, 11) is 1.82. The molecule has 21 heavy (non-hydrogen) atoms. The average molecular weight is 357 g/mol. The Hall–Kier alpha value is -0.740. The molecule has 1 unspecified atom stereocenters. The van der Waals surface area contributed by atoms with Crippen LogP contribution in [0.5, 0.6) is 11.5 Å². The van der Waals surface area contributed by atoms with Crippen molar-refractivity contribution in [3.8, 4) is 11.5 Å². The maximum absolute atomic E-state index is 5.72. The molecule has 1 fully saturated rings. The van der Waals surface area contributed by atoms with Crippen LogP contribution in [0.4, 0.5) is 0 Å². The van der Waals surface area contributed by atoms with Crippen LogP contribution in [0.3, 0.4) is 0 Å². The molecule has 0 aromatic heterocycles. The Morgan fingerprint density at radius 3 is 2.33 bits per heavy atom. The van der Waals surface area contributed by atoms with E-state index < -0.39 is 0 Å². The fourth-order valence-corrected chi connectivity index (χ4v) is 3.64. The van der Waals surface area contributed by atoms with E-state index in [9.17, 15) is 0 Å². The van der Waals surface area contributed by atoms with Crippen molar-refractivity contribution in [2.24, 2.45) is 0 Å². The predicted molar refractivity (Wildman–Crippen MR) is 88.7 cm³/mol. The SMILES string of the molecule is CCOc1ccc(C(Br)CC2(OC)CCC2)cc1OCC. The van der Waals surface area contributed by atoms with Crippen LogP contribution in [0.1, 0.15) is 49.9 Å². The van der Waals surface area contributed by atoms with Gasteiger partial charge in [-0.15, -0.1) is 0 Å². The van der Waals surface area contributed by atoms with Gasteiger partial charge in [-0.3, -0.25) is 0 Å². The summed E-state index contributed by atoms with van der Waals surface area (Å²) in [5, 5.41) is 0. The zero-order chi connectivity index (χ0) is 15.3. The molecule has 0 radical (unpaired) electrons. The van der Waals surface area contributed by atoms with Crippen molar-refractivity contribution in [1.82, 2.24) is 0 Å². The molecule has 118 valence electrons. The number of rotatable bonds is 8. The lowest BCUT2D eigenvalue weighted by molar-refractivity contribution is -0.0773. The summed E-state index contributed by atoms with van der Waals surface area (Å²) < 4.78 is 17.0. The largest absolute Gasteiger partial charge is 0.490 e. The summed E-state index contributed by atoms with van der Waals surface area (Å²) in [5.74, 6) is 1.63. The molecule has 0 N–H and O–H groups in total. The second kappa shape index (κ2) is 7.50. The number of benzene rings is 1. The Morgan fingerprint density at radius 1 is 1.14 bits per heavy atom. The smallest absolute Gasteiger partial charge is 0.161 e. The number of alkyl halides is 1. The van der Waals surface area contributed by atoms with Crippen molar-refractivity contribution in [2.75, 3.05) is 20.3 Å². The fraction of sp³-hybridized carbons (Fsp3) is 0.647. The molecule has 2 rings (SSSR count). The lowest BCUT2D eigenvalue weighted by Crippen LogP contribution is -2.39. The van der Waals surface area contributed by atoms with Crippen molar-refractivity contribution >= 4 is 15.9 Å². The Morgan fingerprint density at radius 2 is 1.81 bits per heavy atom. The molecule has 1 saturated carbocycles. The van der Waals surface area contributed by atoms with Gasteiger partial charge in [0.25, 0.3) is 0 Å². The highest BCUT2D eigenvalue weighted by Crippen LogP contribution is 2.45. The molecule has 0 heterocycles.